The monoisotopic (exact) mass is 404 g/mol. The minimum atomic E-state index is -1.57. The Labute approximate surface area is 166 Å². The van der Waals surface area contributed by atoms with Gasteiger partial charge in [-0.05, 0) is 55.5 Å². The number of carboxylic acid groups (broad SMARTS) is 1. The van der Waals surface area contributed by atoms with Crippen molar-refractivity contribution in [1.29, 1.82) is 0 Å². The van der Waals surface area contributed by atoms with E-state index in [1.807, 2.05) is 0 Å². The number of carbonyl (C=O) groups excluding carboxylic acids is 2. The third kappa shape index (κ3) is 3.64. The zero-order chi connectivity index (χ0) is 20.5. The number of primary amides is 1. The number of aliphatic carboxylic acids is 1. The molecule has 1 heterocycles. The van der Waals surface area contributed by atoms with Gasteiger partial charge in [0, 0.05) is 10.6 Å². The number of carbonyl (C=O) groups is 3. The number of benzene rings is 2. The number of nitrogens with one attached hydrogen (secondary N) is 1. The van der Waals surface area contributed by atoms with Gasteiger partial charge in [-0.15, -0.1) is 0 Å². The van der Waals surface area contributed by atoms with Crippen LogP contribution < -0.4 is 15.8 Å². The number of hydrogen-bond acceptors (Lipinski definition) is 4. The van der Waals surface area contributed by atoms with E-state index in [4.69, 9.17) is 22.1 Å². The van der Waals surface area contributed by atoms with Crippen molar-refractivity contribution in [2.75, 3.05) is 6.54 Å². The molecule has 1 aliphatic rings. The Morgan fingerprint density at radius 3 is 2.18 bits per heavy atom. The predicted molar refractivity (Wildman–Crippen MR) is 101 cm³/mol. The van der Waals surface area contributed by atoms with Gasteiger partial charge in [0.15, 0.2) is 5.54 Å². The molecule has 1 saturated heterocycles. The smallest absolute Gasteiger partial charge is 0.427 e. The van der Waals surface area contributed by atoms with E-state index >= 15 is 0 Å². The number of urea groups is 2. The molecule has 9 heteroatoms. The quantitative estimate of drug-likeness (QED) is 0.661. The van der Waals surface area contributed by atoms with Crippen LogP contribution in [-0.4, -0.2) is 39.7 Å². The van der Waals surface area contributed by atoms with E-state index in [9.17, 15) is 19.5 Å². The Morgan fingerprint density at radius 1 is 1.18 bits per heavy atom. The Balaban J connectivity index is 1.79. The molecule has 2 aromatic carbocycles. The summed E-state index contributed by atoms with van der Waals surface area (Å²) in [6, 6.07) is 12.0. The Kier molecular flexibility index (Phi) is 5.01. The van der Waals surface area contributed by atoms with Crippen LogP contribution in [-0.2, 0) is 11.3 Å². The zero-order valence-corrected chi connectivity index (χ0v) is 15.8. The molecule has 1 fully saturated rings. The fraction of sp³-hybridized carbons (Fsp3) is 0.211. The largest absolute Gasteiger partial charge is 0.479 e. The first-order valence-electron chi connectivity index (χ1n) is 8.40. The molecule has 0 radical (unpaired) electrons. The molecule has 2 atom stereocenters. The molecule has 28 heavy (non-hydrogen) atoms. The van der Waals surface area contributed by atoms with Gasteiger partial charge < -0.3 is 15.6 Å². The van der Waals surface area contributed by atoms with Gasteiger partial charge in [0.05, 0.1) is 0 Å². The molecule has 3 rings (SSSR count). The summed E-state index contributed by atoms with van der Waals surface area (Å²) in [6.45, 7) is 1.00. The number of nitrogens with zero attached hydrogens (tertiary/aromatic N) is 1. The van der Waals surface area contributed by atoms with Gasteiger partial charge in [0.2, 0.25) is 0 Å². The van der Waals surface area contributed by atoms with E-state index in [0.29, 0.717) is 22.1 Å². The minimum absolute atomic E-state index is 0.0642. The van der Waals surface area contributed by atoms with Crippen molar-refractivity contribution < 1.29 is 28.7 Å². The molecule has 0 aliphatic carbocycles. The van der Waals surface area contributed by atoms with Crippen LogP contribution in [0.4, 0.5) is 9.59 Å². The maximum atomic E-state index is 12.5. The standard InChI is InChI=1S/C19H18ClN3O5/c1-19(16(24)25)11-23(17(21)26,18(27)22-19)10-12-2-6-14(7-3-12)28-15-8-4-13(20)5-9-15/h2-9H,10-11H2,1H3,(H3-,21,22,24,25,26,27)/p+1/t19-,23?/m1/s1. The number of quaternary nitrogens is 1. The van der Waals surface area contributed by atoms with Crippen molar-refractivity contribution in [3.8, 4) is 11.5 Å². The molecule has 0 aromatic heterocycles. The molecule has 1 unspecified atom stereocenters. The molecule has 0 spiro atoms. The highest BCUT2D eigenvalue weighted by molar-refractivity contribution is 6.30. The summed E-state index contributed by atoms with van der Waals surface area (Å²) < 4.78 is 4.88. The van der Waals surface area contributed by atoms with E-state index in [-0.39, 0.29) is 13.1 Å². The van der Waals surface area contributed by atoms with Crippen LogP contribution in [0.3, 0.4) is 0 Å². The normalized spacial score (nSPS) is 23.9. The van der Waals surface area contributed by atoms with Crippen LogP contribution in [0.2, 0.25) is 5.02 Å². The lowest BCUT2D eigenvalue weighted by Gasteiger charge is -2.26. The first-order valence-corrected chi connectivity index (χ1v) is 8.78. The van der Waals surface area contributed by atoms with Crippen molar-refractivity contribution in [3.63, 3.8) is 0 Å². The van der Waals surface area contributed by atoms with Crippen LogP contribution >= 0.6 is 11.6 Å². The van der Waals surface area contributed by atoms with Crippen LogP contribution in [0.1, 0.15) is 12.5 Å². The van der Waals surface area contributed by atoms with Crippen LogP contribution in [0, 0.1) is 0 Å². The third-order valence-corrected chi connectivity index (χ3v) is 4.93. The van der Waals surface area contributed by atoms with E-state index in [0.717, 1.165) is 0 Å². The summed E-state index contributed by atoms with van der Waals surface area (Å²) in [5.74, 6) is -0.0688. The maximum Gasteiger partial charge on any atom is 0.427 e. The molecule has 1 aliphatic heterocycles. The molecule has 4 amide bonds. The van der Waals surface area contributed by atoms with E-state index in [1.54, 1.807) is 48.5 Å². The van der Waals surface area contributed by atoms with Gasteiger partial charge in [-0.3, -0.25) is 5.32 Å². The highest BCUT2D eigenvalue weighted by Gasteiger charge is 2.60. The molecular weight excluding hydrogens is 386 g/mol. The summed E-state index contributed by atoms with van der Waals surface area (Å²) >= 11 is 5.84. The first kappa shape index (κ1) is 19.7. The van der Waals surface area contributed by atoms with Crippen molar-refractivity contribution in [3.05, 3.63) is 59.1 Å². The Morgan fingerprint density at radius 2 is 1.71 bits per heavy atom. The minimum Gasteiger partial charge on any atom is -0.479 e. The first-order chi connectivity index (χ1) is 13.1. The topological polar surface area (TPSA) is 119 Å². The molecule has 146 valence electrons. The molecule has 8 nitrogen and oxygen atoms in total. The molecule has 2 aromatic rings. The number of amides is 4. The summed E-state index contributed by atoms with van der Waals surface area (Å²) in [5, 5.41) is 12.3. The lowest BCUT2D eigenvalue weighted by molar-refractivity contribution is -0.773. The number of ether oxygens (including phenoxy) is 1. The van der Waals surface area contributed by atoms with E-state index < -0.39 is 28.1 Å². The number of halogens is 1. The summed E-state index contributed by atoms with van der Waals surface area (Å²) in [6.07, 6.45) is 0. The number of rotatable bonds is 5. The second-order valence-electron chi connectivity index (χ2n) is 6.89. The Bertz CT molecular complexity index is 932. The van der Waals surface area contributed by atoms with Crippen molar-refractivity contribution in [2.24, 2.45) is 5.73 Å². The maximum absolute atomic E-state index is 12.5. The predicted octanol–water partition coefficient (Wildman–Crippen LogP) is 3.09. The van der Waals surface area contributed by atoms with Gasteiger partial charge in [0.1, 0.15) is 24.6 Å². The van der Waals surface area contributed by atoms with Crippen LogP contribution in [0.5, 0.6) is 11.5 Å². The second kappa shape index (κ2) is 7.14. The highest BCUT2D eigenvalue weighted by Crippen LogP contribution is 2.29. The van der Waals surface area contributed by atoms with Gasteiger partial charge in [-0.2, -0.15) is 4.48 Å². The number of carboxylic acids is 1. The number of hydrogen-bond donors (Lipinski definition) is 3. The molecular formula is C19H19ClN3O5+. The molecule has 0 saturated carbocycles. The van der Waals surface area contributed by atoms with Crippen molar-refractivity contribution in [1.82, 2.24) is 5.32 Å². The van der Waals surface area contributed by atoms with Crippen LogP contribution in [0.25, 0.3) is 0 Å². The second-order valence-corrected chi connectivity index (χ2v) is 7.33. The van der Waals surface area contributed by atoms with Gasteiger partial charge >= 0.3 is 18.0 Å². The highest BCUT2D eigenvalue weighted by atomic mass is 35.5. The van der Waals surface area contributed by atoms with Gasteiger partial charge in [-0.1, -0.05) is 11.6 Å². The lowest BCUT2D eigenvalue weighted by atomic mass is 10.0. The summed E-state index contributed by atoms with van der Waals surface area (Å²) in [4.78, 5) is 36.0. The van der Waals surface area contributed by atoms with Gasteiger partial charge in [0.25, 0.3) is 0 Å². The fourth-order valence-electron chi connectivity index (χ4n) is 3.11. The van der Waals surface area contributed by atoms with Gasteiger partial charge in [-0.25, -0.2) is 14.4 Å². The lowest BCUT2D eigenvalue weighted by Crippen LogP contribution is -2.57. The average molecular weight is 405 g/mol. The van der Waals surface area contributed by atoms with Crippen molar-refractivity contribution >= 4 is 29.6 Å². The Hall–Kier alpha value is -3.10. The average Bonchev–Trinajstić information content (AvgIpc) is 2.91. The fourth-order valence-corrected chi connectivity index (χ4v) is 3.24. The van der Waals surface area contributed by atoms with E-state index in [2.05, 4.69) is 5.32 Å². The SMILES string of the molecule is C[C@]1(C(=O)O)C[N+](Cc2ccc(Oc3ccc(Cl)cc3)cc2)(C(N)=O)C(=O)N1. The number of nitrogens with two attached hydrogens (primary N) is 1. The summed E-state index contributed by atoms with van der Waals surface area (Å²) in [5.41, 5.74) is 4.55. The van der Waals surface area contributed by atoms with E-state index in [1.165, 1.54) is 6.92 Å². The molecule has 0 bridgehead atoms. The van der Waals surface area contributed by atoms with Crippen LogP contribution in [0.15, 0.2) is 48.5 Å². The number of imide groups is 1. The summed E-state index contributed by atoms with van der Waals surface area (Å²) in [7, 11) is 0. The van der Waals surface area contributed by atoms with Crippen molar-refractivity contribution in [2.45, 2.75) is 19.0 Å². The molecule has 4 N–H and O–H groups in total. The third-order valence-electron chi connectivity index (χ3n) is 4.68. The zero-order valence-electron chi connectivity index (χ0n) is 15.0.